The van der Waals surface area contributed by atoms with Crippen LogP contribution >= 0.6 is 24.0 Å². The van der Waals surface area contributed by atoms with Gasteiger partial charge >= 0.3 is 0 Å². The molecule has 27 heavy (non-hydrogen) atoms. The topological polar surface area (TPSA) is 49.6 Å². The first kappa shape index (κ1) is 19.8. The molecular formula is C20H22Cl2N4O. The number of aromatic nitrogens is 2. The molecule has 1 aliphatic rings. The Hall–Kier alpha value is -1.92. The smallest absolute Gasteiger partial charge is 0.258 e. The Labute approximate surface area is 169 Å². The van der Waals surface area contributed by atoms with Gasteiger partial charge in [-0.05, 0) is 30.2 Å². The van der Waals surface area contributed by atoms with Gasteiger partial charge in [0.05, 0.1) is 5.69 Å². The van der Waals surface area contributed by atoms with E-state index < -0.39 is 0 Å². The second-order valence-corrected chi connectivity index (χ2v) is 7.09. The summed E-state index contributed by atoms with van der Waals surface area (Å²) in [6.45, 7) is 5.22. The zero-order valence-corrected chi connectivity index (χ0v) is 16.6. The highest BCUT2D eigenvalue weighted by atomic mass is 35.5. The Morgan fingerprint density at radius 2 is 2.07 bits per heavy atom. The first-order valence-corrected chi connectivity index (χ1v) is 9.18. The molecule has 0 bridgehead atoms. The highest BCUT2D eigenvalue weighted by molar-refractivity contribution is 6.31. The Kier molecular flexibility index (Phi) is 6.17. The number of piperazine rings is 1. The lowest BCUT2D eigenvalue weighted by atomic mass is 10.0. The van der Waals surface area contributed by atoms with E-state index in [1.165, 1.54) is 0 Å². The lowest BCUT2D eigenvalue weighted by Gasteiger charge is -2.36. The number of halogens is 2. The van der Waals surface area contributed by atoms with Crippen LogP contribution in [0, 0.1) is 6.92 Å². The molecule has 0 radical (unpaired) electrons. The van der Waals surface area contributed by atoms with Crippen molar-refractivity contribution in [3.05, 3.63) is 80.9 Å². The van der Waals surface area contributed by atoms with E-state index in [1.807, 2.05) is 37.3 Å². The van der Waals surface area contributed by atoms with Crippen LogP contribution in [0.5, 0.6) is 0 Å². The molecular weight excluding hydrogens is 383 g/mol. The van der Waals surface area contributed by atoms with Crippen molar-refractivity contribution in [3.8, 4) is 0 Å². The molecule has 1 fully saturated rings. The van der Waals surface area contributed by atoms with Gasteiger partial charge in [-0.3, -0.25) is 14.1 Å². The number of nitrogens with zero attached hydrogens (tertiary/aromatic N) is 3. The van der Waals surface area contributed by atoms with E-state index in [-0.39, 0.29) is 24.0 Å². The summed E-state index contributed by atoms with van der Waals surface area (Å²) >= 11 is 6.43. The van der Waals surface area contributed by atoms with Crippen LogP contribution in [0.4, 0.5) is 0 Å². The average molecular weight is 405 g/mol. The molecule has 5 nitrogen and oxygen atoms in total. The monoisotopic (exact) mass is 404 g/mol. The van der Waals surface area contributed by atoms with E-state index in [0.717, 1.165) is 47.1 Å². The van der Waals surface area contributed by atoms with Crippen molar-refractivity contribution in [1.82, 2.24) is 19.6 Å². The Bertz CT molecular complexity index is 1000. The number of hydrogen-bond acceptors (Lipinski definition) is 4. The van der Waals surface area contributed by atoms with E-state index in [2.05, 4.69) is 16.3 Å². The molecule has 0 spiro atoms. The number of hydrogen-bond donors (Lipinski definition) is 1. The lowest BCUT2D eigenvalue weighted by molar-refractivity contribution is 0.152. The van der Waals surface area contributed by atoms with Gasteiger partial charge in [-0.15, -0.1) is 12.4 Å². The second-order valence-electron chi connectivity index (χ2n) is 6.68. The molecule has 1 aliphatic heterocycles. The molecule has 0 amide bonds. The van der Waals surface area contributed by atoms with Gasteiger partial charge in [0.1, 0.15) is 5.65 Å². The van der Waals surface area contributed by atoms with Crippen molar-refractivity contribution in [2.24, 2.45) is 0 Å². The van der Waals surface area contributed by atoms with Crippen molar-refractivity contribution in [2.75, 3.05) is 19.6 Å². The van der Waals surface area contributed by atoms with Gasteiger partial charge in [0.25, 0.3) is 5.56 Å². The predicted octanol–water partition coefficient (Wildman–Crippen LogP) is 3.22. The standard InChI is InChI=1S/C20H21ClN4O.ClH/c1-14-5-4-9-25-19(26)11-15(23-20(14)25)13-24-10-8-22-12-18(24)16-6-2-3-7-17(16)21;/h2-7,9,11,18,22H,8,10,12-13H2,1H3;1H. The summed E-state index contributed by atoms with van der Waals surface area (Å²) < 4.78 is 1.60. The molecule has 142 valence electrons. The minimum absolute atomic E-state index is 0. The summed E-state index contributed by atoms with van der Waals surface area (Å²) in [4.78, 5) is 19.6. The molecule has 3 heterocycles. The van der Waals surface area contributed by atoms with E-state index in [4.69, 9.17) is 16.6 Å². The molecule has 3 aromatic rings. The van der Waals surface area contributed by atoms with Crippen molar-refractivity contribution >= 4 is 29.7 Å². The fourth-order valence-corrected chi connectivity index (χ4v) is 3.85. The number of fused-ring (bicyclic) bond motifs is 1. The van der Waals surface area contributed by atoms with Gasteiger partial charge in [-0.25, -0.2) is 4.98 Å². The molecule has 4 rings (SSSR count). The van der Waals surface area contributed by atoms with E-state index in [1.54, 1.807) is 16.7 Å². The van der Waals surface area contributed by atoms with Gasteiger partial charge < -0.3 is 5.32 Å². The molecule has 0 aliphatic carbocycles. The molecule has 1 saturated heterocycles. The Morgan fingerprint density at radius 1 is 1.26 bits per heavy atom. The van der Waals surface area contributed by atoms with Crippen molar-refractivity contribution in [1.29, 1.82) is 0 Å². The molecule has 1 atom stereocenters. The van der Waals surface area contributed by atoms with E-state index in [9.17, 15) is 4.79 Å². The van der Waals surface area contributed by atoms with Crippen molar-refractivity contribution in [3.63, 3.8) is 0 Å². The van der Waals surface area contributed by atoms with Crippen LogP contribution in [0.25, 0.3) is 5.65 Å². The third-order valence-electron chi connectivity index (χ3n) is 4.92. The number of nitrogens with one attached hydrogen (secondary N) is 1. The minimum Gasteiger partial charge on any atom is -0.314 e. The third kappa shape index (κ3) is 4.01. The van der Waals surface area contributed by atoms with Crippen molar-refractivity contribution in [2.45, 2.75) is 19.5 Å². The van der Waals surface area contributed by atoms with Crippen LogP contribution in [-0.4, -0.2) is 33.9 Å². The minimum atomic E-state index is -0.0434. The van der Waals surface area contributed by atoms with Crippen LogP contribution in [-0.2, 0) is 6.54 Å². The molecule has 1 aromatic carbocycles. The number of rotatable bonds is 3. The zero-order valence-electron chi connectivity index (χ0n) is 15.1. The third-order valence-corrected chi connectivity index (χ3v) is 5.27. The Morgan fingerprint density at radius 3 is 2.89 bits per heavy atom. The first-order valence-electron chi connectivity index (χ1n) is 8.80. The number of benzene rings is 1. The summed E-state index contributed by atoms with van der Waals surface area (Å²) in [7, 11) is 0. The van der Waals surface area contributed by atoms with Crippen LogP contribution in [0.2, 0.25) is 5.02 Å². The summed E-state index contributed by atoms with van der Waals surface area (Å²) in [5.74, 6) is 0. The van der Waals surface area contributed by atoms with Crippen LogP contribution in [0.1, 0.15) is 22.9 Å². The quantitative estimate of drug-likeness (QED) is 0.727. The lowest BCUT2D eigenvalue weighted by Crippen LogP contribution is -2.45. The van der Waals surface area contributed by atoms with Crippen molar-refractivity contribution < 1.29 is 0 Å². The molecule has 1 unspecified atom stereocenters. The van der Waals surface area contributed by atoms with Gasteiger partial charge in [0, 0.05) is 49.5 Å². The summed E-state index contributed by atoms with van der Waals surface area (Å²) in [6, 6.07) is 13.6. The highest BCUT2D eigenvalue weighted by Crippen LogP contribution is 2.29. The summed E-state index contributed by atoms with van der Waals surface area (Å²) in [5.41, 5.74) is 3.57. The number of aryl methyl sites for hydroxylation is 1. The molecule has 0 saturated carbocycles. The van der Waals surface area contributed by atoms with Gasteiger partial charge in [0.2, 0.25) is 0 Å². The fraction of sp³-hybridized carbons (Fsp3) is 0.300. The van der Waals surface area contributed by atoms with E-state index in [0.29, 0.717) is 6.54 Å². The summed E-state index contributed by atoms with van der Waals surface area (Å²) in [6.07, 6.45) is 1.76. The Balaban J connectivity index is 0.00000210. The number of pyridine rings is 1. The zero-order chi connectivity index (χ0) is 18.1. The van der Waals surface area contributed by atoms with Crippen LogP contribution < -0.4 is 10.9 Å². The maximum Gasteiger partial charge on any atom is 0.258 e. The fourth-order valence-electron chi connectivity index (χ4n) is 3.59. The van der Waals surface area contributed by atoms with E-state index >= 15 is 0 Å². The maximum absolute atomic E-state index is 12.5. The van der Waals surface area contributed by atoms with Gasteiger partial charge in [0.15, 0.2) is 0 Å². The second kappa shape index (κ2) is 8.40. The van der Waals surface area contributed by atoms with Crippen LogP contribution in [0.15, 0.2) is 53.5 Å². The van der Waals surface area contributed by atoms with Gasteiger partial charge in [-0.1, -0.05) is 35.9 Å². The molecule has 2 aromatic heterocycles. The average Bonchev–Trinajstić information content (AvgIpc) is 2.64. The highest BCUT2D eigenvalue weighted by Gasteiger charge is 2.26. The molecule has 1 N–H and O–H groups in total. The van der Waals surface area contributed by atoms with Gasteiger partial charge in [-0.2, -0.15) is 0 Å². The normalized spacial score (nSPS) is 17.6. The predicted molar refractivity (Wildman–Crippen MR) is 111 cm³/mol. The maximum atomic E-state index is 12.5. The first-order chi connectivity index (χ1) is 12.6. The summed E-state index contributed by atoms with van der Waals surface area (Å²) in [5, 5.41) is 4.21. The SMILES string of the molecule is Cc1cccn2c(=O)cc(CN3CCNCC3c3ccccc3Cl)nc12.Cl. The molecule has 7 heteroatoms. The largest absolute Gasteiger partial charge is 0.314 e. The van der Waals surface area contributed by atoms with Crippen LogP contribution in [0.3, 0.4) is 0 Å².